The van der Waals surface area contributed by atoms with Crippen molar-refractivity contribution in [1.29, 1.82) is 0 Å². The molecule has 1 heteroatoms. The first kappa shape index (κ1) is 9.70. The van der Waals surface area contributed by atoms with Crippen molar-refractivity contribution in [2.24, 2.45) is 0 Å². The predicted molar refractivity (Wildman–Crippen MR) is 45.1 cm³/mol. The Balaban J connectivity index is 3.56. The fourth-order valence-corrected chi connectivity index (χ4v) is 0.617. The third kappa shape index (κ3) is 4.57. The van der Waals surface area contributed by atoms with Crippen LogP contribution in [0, 0.1) is 0 Å². The second-order valence-corrected chi connectivity index (χ2v) is 3.05. The van der Waals surface area contributed by atoms with E-state index in [-0.39, 0.29) is 5.60 Å². The minimum absolute atomic E-state index is 0.00562. The SMILES string of the molecule is CC/C=C/CC(C)(C)OC. The lowest BCUT2D eigenvalue weighted by atomic mass is 10.1. The molecule has 0 N–H and O–H groups in total. The van der Waals surface area contributed by atoms with Crippen molar-refractivity contribution in [3.63, 3.8) is 0 Å². The molecule has 0 amide bonds. The van der Waals surface area contributed by atoms with Gasteiger partial charge in [0.05, 0.1) is 5.60 Å². The van der Waals surface area contributed by atoms with Crippen LogP contribution in [-0.2, 0) is 4.74 Å². The second kappa shape index (κ2) is 4.51. The monoisotopic (exact) mass is 142 g/mol. The Kier molecular flexibility index (Phi) is 4.37. The highest BCUT2D eigenvalue weighted by Crippen LogP contribution is 2.12. The van der Waals surface area contributed by atoms with E-state index in [0.717, 1.165) is 12.8 Å². The third-order valence-electron chi connectivity index (χ3n) is 1.56. The van der Waals surface area contributed by atoms with Gasteiger partial charge in [0.1, 0.15) is 0 Å². The first-order valence-corrected chi connectivity index (χ1v) is 3.82. The van der Waals surface area contributed by atoms with Crippen LogP contribution in [0.5, 0.6) is 0 Å². The van der Waals surface area contributed by atoms with Gasteiger partial charge in [-0.05, 0) is 26.7 Å². The fourth-order valence-electron chi connectivity index (χ4n) is 0.617. The lowest BCUT2D eigenvalue weighted by Crippen LogP contribution is -2.20. The molecule has 0 radical (unpaired) electrons. The van der Waals surface area contributed by atoms with E-state index in [1.165, 1.54) is 0 Å². The fraction of sp³-hybridized carbons (Fsp3) is 0.778. The summed E-state index contributed by atoms with van der Waals surface area (Å²) in [5.41, 5.74) is 0.00562. The van der Waals surface area contributed by atoms with Gasteiger partial charge < -0.3 is 4.74 Å². The number of hydrogen-bond donors (Lipinski definition) is 0. The van der Waals surface area contributed by atoms with Crippen molar-refractivity contribution in [1.82, 2.24) is 0 Å². The van der Waals surface area contributed by atoms with Crippen LogP contribution < -0.4 is 0 Å². The van der Waals surface area contributed by atoms with Crippen molar-refractivity contribution in [3.05, 3.63) is 12.2 Å². The van der Waals surface area contributed by atoms with Crippen LogP contribution in [0.15, 0.2) is 12.2 Å². The maximum atomic E-state index is 5.23. The maximum absolute atomic E-state index is 5.23. The second-order valence-electron chi connectivity index (χ2n) is 3.05. The summed E-state index contributed by atoms with van der Waals surface area (Å²) < 4.78 is 5.23. The molecule has 0 unspecified atom stereocenters. The highest BCUT2D eigenvalue weighted by atomic mass is 16.5. The van der Waals surface area contributed by atoms with Crippen molar-refractivity contribution in [2.75, 3.05) is 7.11 Å². The normalized spacial score (nSPS) is 12.8. The lowest BCUT2D eigenvalue weighted by molar-refractivity contribution is 0.0254. The van der Waals surface area contributed by atoms with Gasteiger partial charge >= 0.3 is 0 Å². The van der Waals surface area contributed by atoms with Crippen molar-refractivity contribution < 1.29 is 4.74 Å². The van der Waals surface area contributed by atoms with Crippen LogP contribution in [0.4, 0.5) is 0 Å². The Hall–Kier alpha value is -0.300. The number of methoxy groups -OCH3 is 1. The molecule has 0 fully saturated rings. The molecule has 0 saturated heterocycles. The zero-order valence-electron chi connectivity index (χ0n) is 7.48. The van der Waals surface area contributed by atoms with Gasteiger partial charge in [-0.2, -0.15) is 0 Å². The summed E-state index contributed by atoms with van der Waals surface area (Å²) >= 11 is 0. The van der Waals surface area contributed by atoms with E-state index in [1.807, 2.05) is 0 Å². The van der Waals surface area contributed by atoms with Crippen LogP contribution >= 0.6 is 0 Å². The van der Waals surface area contributed by atoms with E-state index >= 15 is 0 Å². The van der Waals surface area contributed by atoms with Crippen LogP contribution in [0.1, 0.15) is 33.6 Å². The molecule has 0 saturated carbocycles. The van der Waals surface area contributed by atoms with Crippen LogP contribution in [0.3, 0.4) is 0 Å². The average molecular weight is 142 g/mol. The molecule has 0 rings (SSSR count). The summed E-state index contributed by atoms with van der Waals surface area (Å²) in [6.45, 7) is 6.32. The molecule has 0 aliphatic carbocycles. The highest BCUT2D eigenvalue weighted by Gasteiger charge is 2.12. The Morgan fingerprint density at radius 2 is 1.90 bits per heavy atom. The zero-order chi connectivity index (χ0) is 8.04. The molecule has 10 heavy (non-hydrogen) atoms. The predicted octanol–water partition coefficient (Wildman–Crippen LogP) is 2.77. The van der Waals surface area contributed by atoms with Gasteiger partial charge in [-0.25, -0.2) is 0 Å². The number of allylic oxidation sites excluding steroid dienone is 1. The number of rotatable bonds is 4. The molecule has 0 aliphatic heterocycles. The summed E-state index contributed by atoms with van der Waals surface area (Å²) in [7, 11) is 1.75. The molecule has 0 spiro atoms. The molecule has 0 aromatic carbocycles. The Morgan fingerprint density at radius 1 is 1.30 bits per heavy atom. The smallest absolute Gasteiger partial charge is 0.0657 e. The van der Waals surface area contributed by atoms with Gasteiger partial charge in [0.2, 0.25) is 0 Å². The van der Waals surface area contributed by atoms with E-state index in [2.05, 4.69) is 32.9 Å². The minimum atomic E-state index is 0.00562. The number of ether oxygens (including phenoxy) is 1. The van der Waals surface area contributed by atoms with Gasteiger partial charge in [-0.3, -0.25) is 0 Å². The molecule has 0 aliphatic rings. The maximum Gasteiger partial charge on any atom is 0.0657 e. The largest absolute Gasteiger partial charge is 0.378 e. The van der Waals surface area contributed by atoms with Gasteiger partial charge in [0.15, 0.2) is 0 Å². The number of hydrogen-bond acceptors (Lipinski definition) is 1. The molecular weight excluding hydrogens is 124 g/mol. The molecule has 0 aromatic rings. The van der Waals surface area contributed by atoms with Crippen LogP contribution in [0.25, 0.3) is 0 Å². The van der Waals surface area contributed by atoms with Crippen LogP contribution in [-0.4, -0.2) is 12.7 Å². The van der Waals surface area contributed by atoms with Crippen molar-refractivity contribution >= 4 is 0 Å². The Labute approximate surface area is 64.1 Å². The molecular formula is C9H18O. The molecule has 0 heterocycles. The lowest BCUT2D eigenvalue weighted by Gasteiger charge is -2.20. The van der Waals surface area contributed by atoms with E-state index < -0.39 is 0 Å². The minimum Gasteiger partial charge on any atom is -0.378 e. The molecule has 0 bridgehead atoms. The summed E-state index contributed by atoms with van der Waals surface area (Å²) in [5, 5.41) is 0. The summed E-state index contributed by atoms with van der Waals surface area (Å²) in [5.74, 6) is 0. The van der Waals surface area contributed by atoms with Gasteiger partial charge in [-0.1, -0.05) is 19.1 Å². The standard InChI is InChI=1S/C9H18O/c1-5-6-7-8-9(2,3)10-4/h6-7H,5,8H2,1-4H3/b7-6+. The van der Waals surface area contributed by atoms with Crippen molar-refractivity contribution in [2.45, 2.75) is 39.2 Å². The molecule has 0 atom stereocenters. The summed E-state index contributed by atoms with van der Waals surface area (Å²) in [6, 6.07) is 0. The summed E-state index contributed by atoms with van der Waals surface area (Å²) in [6.07, 6.45) is 6.45. The molecule has 0 aromatic heterocycles. The highest BCUT2D eigenvalue weighted by molar-refractivity contribution is 4.87. The Morgan fingerprint density at radius 3 is 2.30 bits per heavy atom. The topological polar surface area (TPSA) is 9.23 Å². The summed E-state index contributed by atoms with van der Waals surface area (Å²) in [4.78, 5) is 0. The van der Waals surface area contributed by atoms with E-state index in [9.17, 15) is 0 Å². The van der Waals surface area contributed by atoms with Gasteiger partial charge in [-0.15, -0.1) is 0 Å². The van der Waals surface area contributed by atoms with E-state index in [1.54, 1.807) is 7.11 Å². The zero-order valence-corrected chi connectivity index (χ0v) is 7.48. The molecule has 1 nitrogen and oxygen atoms in total. The van der Waals surface area contributed by atoms with E-state index in [0.29, 0.717) is 0 Å². The van der Waals surface area contributed by atoms with Crippen LogP contribution in [0.2, 0.25) is 0 Å². The van der Waals surface area contributed by atoms with Gasteiger partial charge in [0.25, 0.3) is 0 Å². The average Bonchev–Trinajstić information content (AvgIpc) is 1.89. The first-order chi connectivity index (χ1) is 4.62. The third-order valence-corrected chi connectivity index (χ3v) is 1.56. The first-order valence-electron chi connectivity index (χ1n) is 3.82. The van der Waals surface area contributed by atoms with Gasteiger partial charge in [0, 0.05) is 7.11 Å². The molecule has 60 valence electrons. The Bertz CT molecular complexity index is 103. The van der Waals surface area contributed by atoms with Crippen molar-refractivity contribution in [3.8, 4) is 0 Å². The van der Waals surface area contributed by atoms with E-state index in [4.69, 9.17) is 4.74 Å². The quantitative estimate of drug-likeness (QED) is 0.548.